The first kappa shape index (κ1) is 14.2. The zero-order valence-electron chi connectivity index (χ0n) is 8.71. The summed E-state index contributed by atoms with van der Waals surface area (Å²) >= 11 is 5.45. The van der Waals surface area contributed by atoms with E-state index in [1.54, 1.807) is 0 Å². The summed E-state index contributed by atoms with van der Waals surface area (Å²) in [6.45, 7) is 0.244. The molecule has 17 heavy (non-hydrogen) atoms. The molecule has 0 amide bonds. The number of hydrogen-bond acceptors (Lipinski definition) is 4. The lowest BCUT2D eigenvalue weighted by molar-refractivity contribution is -0.144. The Morgan fingerprint density at radius 2 is 2.12 bits per heavy atom. The Kier molecular flexibility index (Phi) is 4.70. The standard InChI is InChI=1S/C8H9ClF3N3OS/c1-17(16)3-2-13-6-4-5(9)14-7(15-6)8(10,11)12/h4H,2-3H2,1H3,(H,13,14,15). The first-order chi connectivity index (χ1) is 7.79. The smallest absolute Gasteiger partial charge is 0.369 e. The van der Waals surface area contributed by atoms with Crippen molar-refractivity contribution in [1.29, 1.82) is 0 Å². The molecule has 1 atom stereocenters. The highest BCUT2D eigenvalue weighted by molar-refractivity contribution is 7.84. The summed E-state index contributed by atoms with van der Waals surface area (Å²) in [6.07, 6.45) is -3.15. The molecule has 1 aromatic heterocycles. The molecule has 0 fully saturated rings. The molecule has 0 bridgehead atoms. The van der Waals surface area contributed by atoms with Gasteiger partial charge in [0.25, 0.3) is 0 Å². The molecule has 0 aromatic carbocycles. The topological polar surface area (TPSA) is 54.9 Å². The maximum Gasteiger partial charge on any atom is 0.451 e. The molecule has 0 radical (unpaired) electrons. The summed E-state index contributed by atoms with van der Waals surface area (Å²) in [7, 11) is -1.03. The second-order valence-electron chi connectivity index (χ2n) is 3.10. The van der Waals surface area contributed by atoms with Crippen LogP contribution in [0.5, 0.6) is 0 Å². The van der Waals surface area contributed by atoms with Gasteiger partial charge in [-0.05, 0) is 0 Å². The fourth-order valence-electron chi connectivity index (χ4n) is 0.958. The monoisotopic (exact) mass is 287 g/mol. The fraction of sp³-hybridized carbons (Fsp3) is 0.500. The number of aromatic nitrogens is 2. The zero-order valence-corrected chi connectivity index (χ0v) is 10.3. The summed E-state index contributed by atoms with van der Waals surface area (Å²) in [6, 6.07) is 1.18. The van der Waals surface area contributed by atoms with Gasteiger partial charge in [-0.1, -0.05) is 11.6 Å². The largest absolute Gasteiger partial charge is 0.451 e. The van der Waals surface area contributed by atoms with E-state index in [1.165, 1.54) is 12.3 Å². The number of alkyl halides is 3. The number of hydrogen-bond donors (Lipinski definition) is 1. The Labute approximate surface area is 103 Å². The van der Waals surface area contributed by atoms with Gasteiger partial charge < -0.3 is 5.32 Å². The molecule has 1 N–H and O–H groups in total. The van der Waals surface area contributed by atoms with Gasteiger partial charge in [0, 0.05) is 35.4 Å². The summed E-state index contributed by atoms with van der Waals surface area (Å²) in [5.74, 6) is -1.03. The van der Waals surface area contributed by atoms with E-state index in [1.807, 2.05) is 0 Å². The Balaban J connectivity index is 2.79. The second kappa shape index (κ2) is 5.63. The van der Waals surface area contributed by atoms with Crippen LogP contribution in [0.3, 0.4) is 0 Å². The van der Waals surface area contributed by atoms with Crippen molar-refractivity contribution in [2.45, 2.75) is 6.18 Å². The van der Waals surface area contributed by atoms with E-state index in [4.69, 9.17) is 11.6 Å². The predicted molar refractivity (Wildman–Crippen MR) is 59.5 cm³/mol. The highest BCUT2D eigenvalue weighted by Crippen LogP contribution is 2.28. The minimum Gasteiger partial charge on any atom is -0.369 e. The maximum absolute atomic E-state index is 12.3. The van der Waals surface area contributed by atoms with E-state index in [-0.39, 0.29) is 17.5 Å². The van der Waals surface area contributed by atoms with Gasteiger partial charge in [0.2, 0.25) is 5.82 Å². The molecular weight excluding hydrogens is 279 g/mol. The Morgan fingerprint density at radius 3 is 2.65 bits per heavy atom. The average molecular weight is 288 g/mol. The van der Waals surface area contributed by atoms with Crippen LogP contribution in [0.2, 0.25) is 5.15 Å². The summed E-state index contributed by atoms with van der Waals surface area (Å²) in [5.41, 5.74) is 0. The van der Waals surface area contributed by atoms with Gasteiger partial charge >= 0.3 is 6.18 Å². The van der Waals surface area contributed by atoms with Crippen LogP contribution in [-0.2, 0) is 17.0 Å². The van der Waals surface area contributed by atoms with E-state index in [0.717, 1.165) is 0 Å². The van der Waals surface area contributed by atoms with Crippen molar-refractivity contribution in [1.82, 2.24) is 9.97 Å². The van der Waals surface area contributed by atoms with Crippen LogP contribution in [0.15, 0.2) is 6.07 Å². The second-order valence-corrected chi connectivity index (χ2v) is 5.04. The van der Waals surface area contributed by atoms with Gasteiger partial charge in [0.05, 0.1) is 0 Å². The van der Waals surface area contributed by atoms with Gasteiger partial charge in [-0.15, -0.1) is 0 Å². The molecule has 0 saturated carbocycles. The third-order valence-corrected chi connectivity index (χ3v) is 2.62. The third-order valence-electron chi connectivity index (χ3n) is 1.64. The molecule has 1 heterocycles. The quantitative estimate of drug-likeness (QED) is 0.860. The number of rotatable bonds is 4. The highest BCUT2D eigenvalue weighted by atomic mass is 35.5. The Morgan fingerprint density at radius 1 is 1.47 bits per heavy atom. The molecule has 0 aliphatic carbocycles. The van der Waals surface area contributed by atoms with Crippen LogP contribution >= 0.6 is 11.6 Å². The van der Waals surface area contributed by atoms with Crippen molar-refractivity contribution in [2.24, 2.45) is 0 Å². The summed E-state index contributed by atoms with van der Waals surface area (Å²) in [5, 5.41) is 2.30. The fourth-order valence-corrected chi connectivity index (χ4v) is 1.53. The van der Waals surface area contributed by atoms with Crippen molar-refractivity contribution in [2.75, 3.05) is 23.9 Å². The van der Waals surface area contributed by atoms with Gasteiger partial charge in [0.15, 0.2) is 0 Å². The Hall–Kier alpha value is -0.890. The molecule has 0 aliphatic rings. The van der Waals surface area contributed by atoms with E-state index < -0.39 is 22.8 Å². The minimum absolute atomic E-state index is 0.0391. The van der Waals surface area contributed by atoms with Gasteiger partial charge in [0.1, 0.15) is 11.0 Å². The lowest BCUT2D eigenvalue weighted by Crippen LogP contribution is -2.15. The first-order valence-corrected chi connectivity index (χ1v) is 6.55. The SMILES string of the molecule is CS(=O)CCNc1cc(Cl)nc(C(F)(F)F)n1. The lowest BCUT2D eigenvalue weighted by atomic mass is 10.5. The summed E-state index contributed by atoms with van der Waals surface area (Å²) < 4.78 is 47.8. The average Bonchev–Trinajstić information content (AvgIpc) is 2.14. The molecule has 0 spiro atoms. The molecule has 0 aliphatic heterocycles. The minimum atomic E-state index is -4.64. The van der Waals surface area contributed by atoms with Crippen molar-refractivity contribution >= 4 is 28.2 Å². The molecule has 1 unspecified atom stereocenters. The van der Waals surface area contributed by atoms with E-state index in [9.17, 15) is 17.4 Å². The van der Waals surface area contributed by atoms with Crippen molar-refractivity contribution in [3.63, 3.8) is 0 Å². The van der Waals surface area contributed by atoms with E-state index in [0.29, 0.717) is 5.75 Å². The molecule has 1 rings (SSSR count). The van der Waals surface area contributed by atoms with Gasteiger partial charge in [-0.3, -0.25) is 4.21 Å². The number of halogens is 4. The van der Waals surface area contributed by atoms with Crippen LogP contribution in [-0.4, -0.2) is 32.7 Å². The number of nitrogens with zero attached hydrogens (tertiary/aromatic N) is 2. The molecule has 0 saturated heterocycles. The Bertz CT molecular complexity index is 427. The van der Waals surface area contributed by atoms with Crippen molar-refractivity contribution in [3.8, 4) is 0 Å². The van der Waals surface area contributed by atoms with Gasteiger partial charge in [-0.2, -0.15) is 13.2 Å². The predicted octanol–water partition coefficient (Wildman–Crippen LogP) is 1.94. The first-order valence-electron chi connectivity index (χ1n) is 4.44. The normalized spacial score (nSPS) is 13.5. The third kappa shape index (κ3) is 4.86. The maximum atomic E-state index is 12.3. The summed E-state index contributed by atoms with van der Waals surface area (Å²) in [4.78, 5) is 6.35. The van der Waals surface area contributed by atoms with E-state index in [2.05, 4.69) is 15.3 Å². The number of anilines is 1. The lowest BCUT2D eigenvalue weighted by Gasteiger charge is -2.09. The number of nitrogens with one attached hydrogen (secondary N) is 1. The van der Waals surface area contributed by atoms with Crippen LogP contribution in [0.1, 0.15) is 5.82 Å². The van der Waals surface area contributed by atoms with Crippen LogP contribution in [0.4, 0.5) is 19.0 Å². The van der Waals surface area contributed by atoms with Crippen molar-refractivity contribution < 1.29 is 17.4 Å². The van der Waals surface area contributed by atoms with E-state index >= 15 is 0 Å². The van der Waals surface area contributed by atoms with Crippen LogP contribution in [0, 0.1) is 0 Å². The molecule has 96 valence electrons. The van der Waals surface area contributed by atoms with Gasteiger partial charge in [-0.25, -0.2) is 9.97 Å². The molecule has 4 nitrogen and oxygen atoms in total. The van der Waals surface area contributed by atoms with Crippen LogP contribution in [0.25, 0.3) is 0 Å². The molecule has 9 heteroatoms. The highest BCUT2D eigenvalue weighted by Gasteiger charge is 2.35. The molecule has 1 aromatic rings. The molecular formula is C8H9ClF3N3OS. The van der Waals surface area contributed by atoms with Crippen molar-refractivity contribution in [3.05, 3.63) is 17.0 Å². The van der Waals surface area contributed by atoms with Crippen LogP contribution < -0.4 is 5.32 Å². The zero-order chi connectivity index (χ0) is 13.1.